The Morgan fingerprint density at radius 2 is 1.95 bits per heavy atom. The zero-order valence-electron chi connectivity index (χ0n) is 10.4. The summed E-state index contributed by atoms with van der Waals surface area (Å²) in [6.07, 6.45) is 0.477. The predicted octanol–water partition coefficient (Wildman–Crippen LogP) is 1.75. The van der Waals surface area contributed by atoms with Crippen molar-refractivity contribution in [2.75, 3.05) is 4.90 Å². The van der Waals surface area contributed by atoms with Gasteiger partial charge in [0.25, 0.3) is 0 Å². The van der Waals surface area contributed by atoms with E-state index in [9.17, 15) is 14.0 Å². The summed E-state index contributed by atoms with van der Waals surface area (Å²) in [5, 5.41) is 0. The van der Waals surface area contributed by atoms with Crippen LogP contribution in [0.25, 0.3) is 0 Å². The zero-order valence-corrected chi connectivity index (χ0v) is 11.2. The van der Waals surface area contributed by atoms with Crippen LogP contribution in [0, 0.1) is 11.7 Å². The Morgan fingerprint density at radius 1 is 1.37 bits per heavy atom. The van der Waals surface area contributed by atoms with Crippen LogP contribution in [-0.4, -0.2) is 16.8 Å². The Bertz CT molecular complexity index is 556. The van der Waals surface area contributed by atoms with Gasteiger partial charge < -0.3 is 5.73 Å². The highest BCUT2D eigenvalue weighted by Gasteiger charge is 2.32. The number of nitrogens with zero attached hydrogens (tertiary/aromatic N) is 1. The van der Waals surface area contributed by atoms with E-state index < -0.39 is 5.82 Å². The number of rotatable bonds is 2. The largest absolute Gasteiger partial charge is 0.389 e. The molecule has 6 heteroatoms. The van der Waals surface area contributed by atoms with Gasteiger partial charge in [0, 0.05) is 18.4 Å². The first-order valence-corrected chi connectivity index (χ1v) is 6.26. The molecule has 2 N–H and O–H groups in total. The minimum Gasteiger partial charge on any atom is -0.389 e. The molecular formula is C13H13FN2O2S. The molecule has 0 radical (unpaired) electrons. The SMILES string of the molecule is CC1CC(=O)N(c2ccc(C(N)=S)cc2F)C(=O)C1. The topological polar surface area (TPSA) is 63.4 Å². The molecule has 1 heterocycles. The Morgan fingerprint density at radius 3 is 2.42 bits per heavy atom. The van der Waals surface area contributed by atoms with E-state index >= 15 is 0 Å². The molecule has 2 rings (SSSR count). The van der Waals surface area contributed by atoms with Gasteiger partial charge in [0.15, 0.2) is 0 Å². The van der Waals surface area contributed by atoms with Crippen molar-refractivity contribution in [1.29, 1.82) is 0 Å². The maximum absolute atomic E-state index is 14.0. The molecule has 0 aliphatic carbocycles. The molecule has 1 fully saturated rings. The van der Waals surface area contributed by atoms with E-state index in [4.69, 9.17) is 18.0 Å². The van der Waals surface area contributed by atoms with Crippen LogP contribution in [0.4, 0.5) is 10.1 Å². The maximum atomic E-state index is 14.0. The highest BCUT2D eigenvalue weighted by molar-refractivity contribution is 7.80. The van der Waals surface area contributed by atoms with Crippen molar-refractivity contribution in [2.24, 2.45) is 11.7 Å². The number of carbonyl (C=O) groups is 2. The number of halogens is 1. The summed E-state index contributed by atoms with van der Waals surface area (Å²) in [5.41, 5.74) is 5.72. The smallest absolute Gasteiger partial charge is 0.234 e. The van der Waals surface area contributed by atoms with Crippen LogP contribution >= 0.6 is 12.2 Å². The lowest BCUT2D eigenvalue weighted by Gasteiger charge is -2.28. The van der Waals surface area contributed by atoms with Gasteiger partial charge in [-0.05, 0) is 24.1 Å². The number of thiocarbonyl (C=S) groups is 1. The molecule has 4 nitrogen and oxygen atoms in total. The van der Waals surface area contributed by atoms with Gasteiger partial charge in [0.2, 0.25) is 11.8 Å². The third-order valence-electron chi connectivity index (χ3n) is 3.02. The molecule has 0 unspecified atom stereocenters. The first-order valence-electron chi connectivity index (χ1n) is 5.85. The maximum Gasteiger partial charge on any atom is 0.234 e. The average molecular weight is 280 g/mol. The number of imide groups is 1. The molecule has 1 saturated heterocycles. The highest BCUT2D eigenvalue weighted by Crippen LogP contribution is 2.27. The Labute approximate surface area is 115 Å². The Kier molecular flexibility index (Phi) is 3.61. The molecule has 19 heavy (non-hydrogen) atoms. The van der Waals surface area contributed by atoms with Crippen molar-refractivity contribution in [2.45, 2.75) is 19.8 Å². The van der Waals surface area contributed by atoms with Crippen molar-refractivity contribution in [3.8, 4) is 0 Å². The number of nitrogens with two attached hydrogens (primary N) is 1. The lowest BCUT2D eigenvalue weighted by Crippen LogP contribution is -2.43. The molecular weight excluding hydrogens is 267 g/mol. The first kappa shape index (κ1) is 13.6. The van der Waals surface area contributed by atoms with Gasteiger partial charge in [-0.3, -0.25) is 9.59 Å². The summed E-state index contributed by atoms with van der Waals surface area (Å²) >= 11 is 4.75. The van der Waals surface area contributed by atoms with E-state index in [1.807, 2.05) is 6.92 Å². The summed E-state index contributed by atoms with van der Waals surface area (Å²) in [4.78, 5) is 24.7. The van der Waals surface area contributed by atoms with Crippen molar-refractivity contribution in [1.82, 2.24) is 0 Å². The second-order valence-corrected chi connectivity index (χ2v) is 5.11. The van der Waals surface area contributed by atoms with E-state index in [1.54, 1.807) is 0 Å². The fourth-order valence-electron chi connectivity index (χ4n) is 2.10. The molecule has 0 aromatic heterocycles. The number of hydrogen-bond donors (Lipinski definition) is 1. The van der Waals surface area contributed by atoms with E-state index in [1.165, 1.54) is 12.1 Å². The van der Waals surface area contributed by atoms with Gasteiger partial charge in [0.1, 0.15) is 10.8 Å². The number of carbonyl (C=O) groups excluding carboxylic acids is 2. The summed E-state index contributed by atoms with van der Waals surface area (Å²) < 4.78 is 14.0. The molecule has 0 bridgehead atoms. The predicted molar refractivity (Wildman–Crippen MR) is 73.2 cm³/mol. The standard InChI is InChI=1S/C13H13FN2O2S/c1-7-4-11(17)16(12(18)5-7)10-3-2-8(13(15)19)6-9(10)14/h2-3,6-7H,4-5H2,1H3,(H2,15,19). The van der Waals surface area contributed by atoms with Gasteiger partial charge >= 0.3 is 0 Å². The monoisotopic (exact) mass is 280 g/mol. The normalized spacial score (nSPS) is 16.8. The van der Waals surface area contributed by atoms with Crippen LogP contribution in [0.3, 0.4) is 0 Å². The molecule has 1 aromatic carbocycles. The third-order valence-corrected chi connectivity index (χ3v) is 3.25. The Balaban J connectivity index is 2.39. The lowest BCUT2D eigenvalue weighted by atomic mass is 9.97. The summed E-state index contributed by atoms with van der Waals surface area (Å²) in [5.74, 6) is -1.45. The van der Waals surface area contributed by atoms with Crippen LogP contribution in [0.15, 0.2) is 18.2 Å². The van der Waals surface area contributed by atoms with Crippen molar-refractivity contribution in [3.05, 3.63) is 29.6 Å². The minimum absolute atomic E-state index is 0.00444. The van der Waals surface area contributed by atoms with Crippen LogP contribution in [0.1, 0.15) is 25.3 Å². The summed E-state index contributed by atoms with van der Waals surface area (Å²) in [6, 6.07) is 3.99. The van der Waals surface area contributed by atoms with Crippen LogP contribution in [0.5, 0.6) is 0 Å². The van der Waals surface area contributed by atoms with Crippen LogP contribution < -0.4 is 10.6 Å². The molecule has 0 saturated carbocycles. The number of piperidine rings is 1. The quantitative estimate of drug-likeness (QED) is 0.662. The zero-order chi connectivity index (χ0) is 14.2. The fourth-order valence-corrected chi connectivity index (χ4v) is 2.23. The molecule has 1 aliphatic heterocycles. The van der Waals surface area contributed by atoms with Gasteiger partial charge in [0.05, 0.1) is 5.69 Å². The second kappa shape index (κ2) is 5.05. The number of amides is 2. The van der Waals surface area contributed by atoms with E-state index in [2.05, 4.69) is 0 Å². The highest BCUT2D eigenvalue weighted by atomic mass is 32.1. The number of anilines is 1. The second-order valence-electron chi connectivity index (χ2n) is 4.67. The van der Waals surface area contributed by atoms with Gasteiger partial charge in [-0.25, -0.2) is 9.29 Å². The van der Waals surface area contributed by atoms with E-state index in [0.717, 1.165) is 11.0 Å². The fraction of sp³-hybridized carbons (Fsp3) is 0.308. The third kappa shape index (κ3) is 2.63. The number of hydrogen-bond acceptors (Lipinski definition) is 3. The van der Waals surface area contributed by atoms with Crippen molar-refractivity contribution < 1.29 is 14.0 Å². The lowest BCUT2D eigenvalue weighted by molar-refractivity contribution is -0.130. The Hall–Kier alpha value is -1.82. The van der Waals surface area contributed by atoms with Gasteiger partial charge in [-0.1, -0.05) is 19.1 Å². The molecule has 1 aliphatic rings. The van der Waals surface area contributed by atoms with Crippen molar-refractivity contribution in [3.63, 3.8) is 0 Å². The molecule has 0 atom stereocenters. The van der Waals surface area contributed by atoms with Crippen molar-refractivity contribution >= 4 is 34.7 Å². The molecule has 0 spiro atoms. The van der Waals surface area contributed by atoms with Gasteiger partial charge in [-0.2, -0.15) is 0 Å². The first-order chi connectivity index (χ1) is 8.90. The summed E-state index contributed by atoms with van der Waals surface area (Å²) in [7, 11) is 0. The van der Waals surface area contributed by atoms with E-state index in [0.29, 0.717) is 5.56 Å². The molecule has 100 valence electrons. The average Bonchev–Trinajstić information content (AvgIpc) is 2.29. The van der Waals surface area contributed by atoms with Crippen LogP contribution in [0.2, 0.25) is 0 Å². The van der Waals surface area contributed by atoms with Gasteiger partial charge in [-0.15, -0.1) is 0 Å². The van der Waals surface area contributed by atoms with Crippen LogP contribution in [-0.2, 0) is 9.59 Å². The number of benzene rings is 1. The molecule has 2 amide bonds. The summed E-state index contributed by atoms with van der Waals surface area (Å²) in [6.45, 7) is 1.82. The van der Waals surface area contributed by atoms with E-state index in [-0.39, 0.29) is 41.2 Å². The molecule has 1 aromatic rings. The minimum atomic E-state index is -0.679.